The fourth-order valence-corrected chi connectivity index (χ4v) is 1.25. The van der Waals surface area contributed by atoms with Crippen LogP contribution in [0.15, 0.2) is 6.20 Å². The molecule has 0 spiro atoms. The number of carbonyl (C=O) groups is 1. The minimum atomic E-state index is -0.00555. The summed E-state index contributed by atoms with van der Waals surface area (Å²) in [5, 5.41) is 0. The zero-order valence-electron chi connectivity index (χ0n) is 9.90. The summed E-state index contributed by atoms with van der Waals surface area (Å²) in [4.78, 5) is 21.8. The molecule has 4 nitrogen and oxygen atoms in total. The molecule has 0 aliphatic heterocycles. The lowest BCUT2D eigenvalue weighted by Gasteiger charge is -2.16. The van der Waals surface area contributed by atoms with Crippen molar-refractivity contribution in [1.82, 2.24) is 9.97 Å². The molecule has 1 rings (SSSR count). The zero-order chi connectivity index (χ0) is 11.6. The summed E-state index contributed by atoms with van der Waals surface area (Å²) in [6, 6.07) is 0. The maximum atomic E-state index is 11.3. The Bertz CT molecular complexity index is 372. The van der Waals surface area contributed by atoms with Gasteiger partial charge in [0.05, 0.1) is 5.56 Å². The van der Waals surface area contributed by atoms with E-state index in [0.29, 0.717) is 11.4 Å². The zero-order valence-corrected chi connectivity index (χ0v) is 9.90. The van der Waals surface area contributed by atoms with Crippen LogP contribution in [0, 0.1) is 0 Å². The average Bonchev–Trinajstić information content (AvgIpc) is 2.16. The van der Waals surface area contributed by atoms with E-state index in [1.807, 2.05) is 32.8 Å². The predicted octanol–water partition coefficient (Wildman–Crippen LogP) is 1.87. The first-order valence-corrected chi connectivity index (χ1v) is 4.98. The van der Waals surface area contributed by atoms with Crippen LogP contribution in [-0.2, 0) is 0 Å². The van der Waals surface area contributed by atoms with Gasteiger partial charge in [0.2, 0.25) is 0 Å². The molecule has 0 aliphatic rings. The van der Waals surface area contributed by atoms with Crippen molar-refractivity contribution >= 4 is 11.6 Å². The van der Waals surface area contributed by atoms with E-state index in [4.69, 9.17) is 0 Å². The van der Waals surface area contributed by atoms with E-state index in [0.717, 1.165) is 5.82 Å². The molecule has 0 radical (unpaired) electrons. The number of hydrogen-bond donors (Lipinski definition) is 0. The van der Waals surface area contributed by atoms with Crippen LogP contribution in [0.4, 0.5) is 5.82 Å². The molecule has 0 bridgehead atoms. The van der Waals surface area contributed by atoms with E-state index in [9.17, 15) is 4.79 Å². The molecule has 0 aliphatic carbocycles. The quantitative estimate of drug-likeness (QED) is 0.710. The van der Waals surface area contributed by atoms with Crippen LogP contribution in [0.3, 0.4) is 0 Å². The van der Waals surface area contributed by atoms with Crippen molar-refractivity contribution in [2.24, 2.45) is 0 Å². The molecule has 0 unspecified atom stereocenters. The molecule has 82 valence electrons. The van der Waals surface area contributed by atoms with Crippen LogP contribution in [0.5, 0.6) is 0 Å². The van der Waals surface area contributed by atoms with E-state index in [-0.39, 0.29) is 11.7 Å². The summed E-state index contributed by atoms with van der Waals surface area (Å²) in [5.74, 6) is 1.73. The number of aromatic nitrogens is 2. The van der Waals surface area contributed by atoms with E-state index in [1.54, 1.807) is 6.20 Å². The SMILES string of the molecule is CC(=O)c1cnc(C(C)C)nc1N(C)C. The lowest BCUT2D eigenvalue weighted by atomic mass is 10.1. The fraction of sp³-hybridized carbons (Fsp3) is 0.545. The van der Waals surface area contributed by atoms with Crippen LogP contribution in [0.25, 0.3) is 0 Å². The van der Waals surface area contributed by atoms with Crippen LogP contribution in [0.1, 0.15) is 42.9 Å². The third-order valence-electron chi connectivity index (χ3n) is 2.11. The van der Waals surface area contributed by atoms with Crippen LogP contribution < -0.4 is 4.90 Å². The van der Waals surface area contributed by atoms with Gasteiger partial charge in [-0.3, -0.25) is 4.79 Å². The van der Waals surface area contributed by atoms with Crippen molar-refractivity contribution in [3.63, 3.8) is 0 Å². The highest BCUT2D eigenvalue weighted by atomic mass is 16.1. The molecule has 1 heterocycles. The molecule has 0 saturated heterocycles. The predicted molar refractivity (Wildman–Crippen MR) is 60.5 cm³/mol. The topological polar surface area (TPSA) is 46.1 Å². The Labute approximate surface area is 90.3 Å². The average molecular weight is 207 g/mol. The van der Waals surface area contributed by atoms with Gasteiger partial charge in [-0.15, -0.1) is 0 Å². The second kappa shape index (κ2) is 4.38. The van der Waals surface area contributed by atoms with Crippen LogP contribution in [0.2, 0.25) is 0 Å². The molecule has 0 atom stereocenters. The summed E-state index contributed by atoms with van der Waals surface area (Å²) in [7, 11) is 3.75. The van der Waals surface area contributed by atoms with Gasteiger partial charge in [-0.25, -0.2) is 9.97 Å². The number of rotatable bonds is 3. The number of anilines is 1. The molecule has 1 aromatic heterocycles. The minimum Gasteiger partial charge on any atom is -0.362 e. The van der Waals surface area contributed by atoms with E-state index in [2.05, 4.69) is 9.97 Å². The lowest BCUT2D eigenvalue weighted by Crippen LogP contribution is -2.17. The highest BCUT2D eigenvalue weighted by molar-refractivity contribution is 5.98. The summed E-state index contributed by atoms with van der Waals surface area (Å²) >= 11 is 0. The Morgan fingerprint density at radius 3 is 2.40 bits per heavy atom. The second-order valence-corrected chi connectivity index (χ2v) is 4.07. The van der Waals surface area contributed by atoms with Crippen molar-refractivity contribution in [2.75, 3.05) is 19.0 Å². The van der Waals surface area contributed by atoms with Gasteiger partial charge in [0.15, 0.2) is 5.78 Å². The Hall–Kier alpha value is -1.45. The van der Waals surface area contributed by atoms with Crippen molar-refractivity contribution < 1.29 is 4.79 Å². The van der Waals surface area contributed by atoms with E-state index >= 15 is 0 Å². The molecule has 1 aromatic rings. The maximum absolute atomic E-state index is 11.3. The van der Waals surface area contributed by atoms with Gasteiger partial charge in [0, 0.05) is 26.2 Å². The van der Waals surface area contributed by atoms with E-state index < -0.39 is 0 Å². The van der Waals surface area contributed by atoms with Gasteiger partial charge < -0.3 is 4.90 Å². The highest BCUT2D eigenvalue weighted by Crippen LogP contribution is 2.18. The molecule has 15 heavy (non-hydrogen) atoms. The number of ketones is 1. The van der Waals surface area contributed by atoms with Gasteiger partial charge in [-0.1, -0.05) is 13.8 Å². The van der Waals surface area contributed by atoms with Gasteiger partial charge in [-0.2, -0.15) is 0 Å². The number of hydrogen-bond acceptors (Lipinski definition) is 4. The van der Waals surface area contributed by atoms with Gasteiger partial charge in [0.1, 0.15) is 11.6 Å². The normalized spacial score (nSPS) is 10.5. The van der Waals surface area contributed by atoms with E-state index in [1.165, 1.54) is 6.92 Å². The first-order valence-electron chi connectivity index (χ1n) is 4.98. The number of Topliss-reactive ketones (excluding diaryl/α,β-unsaturated/α-hetero) is 1. The summed E-state index contributed by atoms with van der Waals surface area (Å²) in [5.41, 5.74) is 0.574. The molecular formula is C11H17N3O. The third-order valence-corrected chi connectivity index (χ3v) is 2.11. The lowest BCUT2D eigenvalue weighted by molar-refractivity contribution is 0.101. The largest absolute Gasteiger partial charge is 0.362 e. The molecule has 0 fully saturated rings. The molecule has 0 saturated carbocycles. The standard InChI is InChI=1S/C11H17N3O/c1-7(2)10-12-6-9(8(3)15)11(13-10)14(4)5/h6-7H,1-5H3. The van der Waals surface area contributed by atoms with Crippen LogP contribution in [-0.4, -0.2) is 29.8 Å². The molecule has 0 amide bonds. The Balaban J connectivity index is 3.27. The molecule has 4 heteroatoms. The maximum Gasteiger partial charge on any atom is 0.165 e. The second-order valence-electron chi connectivity index (χ2n) is 4.07. The number of nitrogens with zero attached hydrogens (tertiary/aromatic N) is 3. The van der Waals surface area contributed by atoms with Crippen molar-refractivity contribution in [1.29, 1.82) is 0 Å². The first kappa shape index (κ1) is 11.6. The monoisotopic (exact) mass is 207 g/mol. The molecule has 0 N–H and O–H groups in total. The molecule has 0 aromatic carbocycles. The Kier molecular flexibility index (Phi) is 3.39. The smallest absolute Gasteiger partial charge is 0.165 e. The minimum absolute atomic E-state index is 0.00555. The number of carbonyl (C=O) groups excluding carboxylic acids is 1. The van der Waals surface area contributed by atoms with Crippen molar-refractivity contribution in [3.8, 4) is 0 Å². The highest BCUT2D eigenvalue weighted by Gasteiger charge is 2.13. The van der Waals surface area contributed by atoms with Crippen molar-refractivity contribution in [2.45, 2.75) is 26.7 Å². The Morgan fingerprint density at radius 2 is 2.00 bits per heavy atom. The Morgan fingerprint density at radius 1 is 1.40 bits per heavy atom. The summed E-state index contributed by atoms with van der Waals surface area (Å²) in [6.07, 6.45) is 1.61. The first-order chi connectivity index (χ1) is 6.93. The third kappa shape index (κ3) is 2.52. The van der Waals surface area contributed by atoms with Crippen molar-refractivity contribution in [3.05, 3.63) is 17.6 Å². The van der Waals surface area contributed by atoms with Gasteiger partial charge >= 0.3 is 0 Å². The van der Waals surface area contributed by atoms with Gasteiger partial charge in [0.25, 0.3) is 0 Å². The van der Waals surface area contributed by atoms with Crippen LogP contribution >= 0.6 is 0 Å². The molecular weight excluding hydrogens is 190 g/mol. The fourth-order valence-electron chi connectivity index (χ4n) is 1.25. The summed E-state index contributed by atoms with van der Waals surface area (Å²) in [6.45, 7) is 5.59. The van der Waals surface area contributed by atoms with Gasteiger partial charge in [-0.05, 0) is 6.92 Å². The summed E-state index contributed by atoms with van der Waals surface area (Å²) < 4.78 is 0.